The molecule has 112 valence electrons. The van der Waals surface area contributed by atoms with Crippen LogP contribution in [0.3, 0.4) is 0 Å². The van der Waals surface area contributed by atoms with E-state index in [0.29, 0.717) is 6.20 Å². The van der Waals surface area contributed by atoms with E-state index >= 15 is 0 Å². The molecule has 1 N–H and O–H groups in total. The summed E-state index contributed by atoms with van der Waals surface area (Å²) in [6.45, 7) is 0. The van der Waals surface area contributed by atoms with Gasteiger partial charge in [0.05, 0.1) is 25.4 Å². The Labute approximate surface area is 108 Å². The number of alkyl halides is 5. The molecule has 0 aliphatic heterocycles. The Morgan fingerprint density at radius 2 is 2.05 bits per heavy atom. The molecule has 0 aliphatic rings. The Kier molecular flexibility index (Phi) is 4.69. The number of aromatic nitrogens is 1. The van der Waals surface area contributed by atoms with Gasteiger partial charge in [-0.05, 0) is 0 Å². The zero-order valence-electron chi connectivity index (χ0n) is 9.87. The predicted molar refractivity (Wildman–Crippen MR) is 53.8 cm³/mol. The summed E-state index contributed by atoms with van der Waals surface area (Å²) in [7, 11) is 0.955. The molecule has 0 saturated carbocycles. The van der Waals surface area contributed by atoms with Crippen molar-refractivity contribution in [3.63, 3.8) is 0 Å². The first-order valence-corrected chi connectivity index (χ1v) is 4.97. The van der Waals surface area contributed by atoms with Crippen LogP contribution in [0.15, 0.2) is 6.20 Å². The number of hydrogen-bond acceptors (Lipinski definition) is 4. The Morgan fingerprint density at radius 3 is 2.45 bits per heavy atom. The highest BCUT2D eigenvalue weighted by atomic mass is 19.4. The normalized spacial score (nSPS) is 11.6. The van der Waals surface area contributed by atoms with Gasteiger partial charge in [0.2, 0.25) is 0 Å². The van der Waals surface area contributed by atoms with E-state index in [-0.39, 0.29) is 0 Å². The first kappa shape index (κ1) is 15.9. The van der Waals surface area contributed by atoms with E-state index in [0.717, 1.165) is 7.11 Å². The van der Waals surface area contributed by atoms with Crippen molar-refractivity contribution in [2.24, 2.45) is 0 Å². The van der Waals surface area contributed by atoms with E-state index in [1.807, 2.05) is 0 Å². The predicted octanol–water partition coefficient (Wildman–Crippen LogP) is 2.55. The average Bonchev–Trinajstić information content (AvgIpc) is 2.27. The number of methoxy groups -OCH3 is 1. The summed E-state index contributed by atoms with van der Waals surface area (Å²) in [6.07, 6.45) is -8.93. The van der Waals surface area contributed by atoms with Crippen LogP contribution in [0, 0.1) is 0 Å². The van der Waals surface area contributed by atoms with Crippen LogP contribution in [-0.2, 0) is 11.2 Å². The maximum Gasteiger partial charge on any atom is 0.573 e. The third kappa shape index (κ3) is 3.93. The number of hydrogen-bond donors (Lipinski definition) is 1. The van der Waals surface area contributed by atoms with Gasteiger partial charge in [-0.15, -0.1) is 13.2 Å². The number of nitrogens with zero attached hydrogens (tertiary/aromatic N) is 1. The zero-order chi connectivity index (χ0) is 15.5. The summed E-state index contributed by atoms with van der Waals surface area (Å²) < 4.78 is 70.5. The molecule has 0 unspecified atom stereocenters. The van der Waals surface area contributed by atoms with Crippen LogP contribution in [-0.4, -0.2) is 29.5 Å². The lowest BCUT2D eigenvalue weighted by atomic mass is 10.1. The molecule has 0 bridgehead atoms. The molecule has 0 radical (unpaired) electrons. The number of carboxylic acid groups (broad SMARTS) is 1. The van der Waals surface area contributed by atoms with E-state index < -0.39 is 47.9 Å². The van der Waals surface area contributed by atoms with Crippen LogP contribution in [0.1, 0.15) is 17.7 Å². The fourth-order valence-corrected chi connectivity index (χ4v) is 1.40. The second kappa shape index (κ2) is 5.88. The molecule has 0 fully saturated rings. The minimum Gasteiger partial charge on any atom is -0.494 e. The lowest BCUT2D eigenvalue weighted by Gasteiger charge is -2.17. The molecule has 0 aliphatic carbocycles. The maximum atomic E-state index is 12.9. The summed E-state index contributed by atoms with van der Waals surface area (Å²) in [5.41, 5.74) is -1.97. The van der Waals surface area contributed by atoms with Crippen molar-refractivity contribution in [2.45, 2.75) is 19.2 Å². The van der Waals surface area contributed by atoms with Gasteiger partial charge in [0.1, 0.15) is 11.3 Å². The Balaban J connectivity index is 3.45. The summed E-state index contributed by atoms with van der Waals surface area (Å²) in [6, 6.07) is 0. The van der Waals surface area contributed by atoms with Crippen LogP contribution in [0.5, 0.6) is 11.5 Å². The summed E-state index contributed by atoms with van der Waals surface area (Å²) in [4.78, 5) is 13.9. The van der Waals surface area contributed by atoms with Crippen molar-refractivity contribution in [3.05, 3.63) is 17.5 Å². The Hall–Kier alpha value is -2.13. The summed E-state index contributed by atoms with van der Waals surface area (Å²) >= 11 is 0. The van der Waals surface area contributed by atoms with Crippen molar-refractivity contribution in [2.75, 3.05) is 7.11 Å². The number of pyridine rings is 1. The van der Waals surface area contributed by atoms with Gasteiger partial charge in [-0.25, -0.2) is 8.78 Å². The first-order chi connectivity index (χ1) is 9.15. The van der Waals surface area contributed by atoms with Crippen molar-refractivity contribution in [3.8, 4) is 11.5 Å². The monoisotopic (exact) mass is 301 g/mol. The van der Waals surface area contributed by atoms with Crippen molar-refractivity contribution in [1.82, 2.24) is 4.98 Å². The molecule has 20 heavy (non-hydrogen) atoms. The van der Waals surface area contributed by atoms with Gasteiger partial charge < -0.3 is 14.6 Å². The molecule has 1 rings (SSSR count). The number of carboxylic acids is 1. The van der Waals surface area contributed by atoms with Crippen LogP contribution >= 0.6 is 0 Å². The van der Waals surface area contributed by atoms with Crippen molar-refractivity contribution in [1.29, 1.82) is 0 Å². The largest absolute Gasteiger partial charge is 0.573 e. The third-order valence-electron chi connectivity index (χ3n) is 2.08. The van der Waals surface area contributed by atoms with Gasteiger partial charge in [-0.2, -0.15) is 0 Å². The highest BCUT2D eigenvalue weighted by molar-refractivity contribution is 5.71. The lowest BCUT2D eigenvalue weighted by molar-refractivity contribution is -0.275. The molecule has 5 nitrogen and oxygen atoms in total. The molecular weight excluding hydrogens is 293 g/mol. The van der Waals surface area contributed by atoms with E-state index in [1.54, 1.807) is 0 Å². The molecular formula is C10H8F5NO4. The van der Waals surface area contributed by atoms with Gasteiger partial charge in [-0.3, -0.25) is 9.78 Å². The Bertz CT molecular complexity index is 503. The molecule has 0 atom stereocenters. The highest BCUT2D eigenvalue weighted by Gasteiger charge is 2.36. The molecule has 0 saturated heterocycles. The van der Waals surface area contributed by atoms with Crippen molar-refractivity contribution < 1.29 is 41.3 Å². The molecule has 10 heteroatoms. The molecule has 0 amide bonds. The third-order valence-corrected chi connectivity index (χ3v) is 2.08. The van der Waals surface area contributed by atoms with Crippen LogP contribution in [0.25, 0.3) is 0 Å². The smallest absolute Gasteiger partial charge is 0.494 e. The van der Waals surface area contributed by atoms with Gasteiger partial charge >= 0.3 is 12.3 Å². The standard InChI is InChI=1S/C10H8F5NO4/c1-19-5-3-16-4(2-6(17)18)8(7(5)9(11)12)20-10(13,14)15/h3,9H,2H2,1H3,(H,17,18). The fourth-order valence-electron chi connectivity index (χ4n) is 1.40. The number of carbonyl (C=O) groups is 1. The van der Waals surface area contributed by atoms with Crippen molar-refractivity contribution >= 4 is 5.97 Å². The van der Waals surface area contributed by atoms with E-state index in [4.69, 9.17) is 5.11 Å². The van der Waals surface area contributed by atoms with Gasteiger partial charge in [0, 0.05) is 0 Å². The molecule has 1 heterocycles. The first-order valence-electron chi connectivity index (χ1n) is 4.97. The van der Waals surface area contributed by atoms with E-state index in [9.17, 15) is 26.7 Å². The lowest BCUT2D eigenvalue weighted by Crippen LogP contribution is -2.21. The number of rotatable bonds is 5. The van der Waals surface area contributed by atoms with Gasteiger partial charge in [0.25, 0.3) is 6.43 Å². The van der Waals surface area contributed by atoms with Crippen LogP contribution in [0.4, 0.5) is 22.0 Å². The number of ether oxygens (including phenoxy) is 2. The van der Waals surface area contributed by atoms with Crippen LogP contribution in [0.2, 0.25) is 0 Å². The molecule has 0 spiro atoms. The highest BCUT2D eigenvalue weighted by Crippen LogP contribution is 2.40. The van der Waals surface area contributed by atoms with E-state index in [2.05, 4.69) is 14.5 Å². The average molecular weight is 301 g/mol. The minimum absolute atomic E-state index is 0.631. The number of aliphatic carboxylic acids is 1. The van der Waals surface area contributed by atoms with Crippen LogP contribution < -0.4 is 9.47 Å². The molecule has 1 aromatic heterocycles. The van der Waals surface area contributed by atoms with Gasteiger partial charge in [0.15, 0.2) is 5.75 Å². The number of halogens is 5. The molecule has 0 aromatic carbocycles. The second-order valence-electron chi connectivity index (χ2n) is 3.44. The summed E-state index contributed by atoms with van der Waals surface area (Å²) in [5, 5.41) is 8.55. The SMILES string of the molecule is COc1cnc(CC(=O)O)c(OC(F)(F)F)c1C(F)F. The Morgan fingerprint density at radius 1 is 1.45 bits per heavy atom. The topological polar surface area (TPSA) is 68.7 Å². The zero-order valence-corrected chi connectivity index (χ0v) is 9.87. The van der Waals surface area contributed by atoms with E-state index in [1.165, 1.54) is 0 Å². The molecule has 1 aromatic rings. The minimum atomic E-state index is -5.27. The quantitative estimate of drug-likeness (QED) is 0.846. The second-order valence-corrected chi connectivity index (χ2v) is 3.44. The maximum absolute atomic E-state index is 12.9. The fraction of sp³-hybridized carbons (Fsp3) is 0.400. The van der Waals surface area contributed by atoms with Gasteiger partial charge in [-0.1, -0.05) is 0 Å². The summed E-state index contributed by atoms with van der Waals surface area (Å²) in [5.74, 6) is -3.53.